The zero-order valence-corrected chi connectivity index (χ0v) is 13.4. The van der Waals surface area contributed by atoms with Crippen molar-refractivity contribution in [3.8, 4) is 0 Å². The van der Waals surface area contributed by atoms with E-state index in [9.17, 15) is 8.42 Å². The summed E-state index contributed by atoms with van der Waals surface area (Å²) >= 11 is 4.80. The van der Waals surface area contributed by atoms with Crippen molar-refractivity contribution in [1.29, 1.82) is 0 Å². The van der Waals surface area contributed by atoms with Crippen LogP contribution in [0.3, 0.4) is 0 Å². The third-order valence-electron chi connectivity index (χ3n) is 3.78. The van der Waals surface area contributed by atoms with Gasteiger partial charge in [0.2, 0.25) is 10.0 Å². The Morgan fingerprint density at radius 2 is 2.05 bits per heavy atom. The molecular weight excluding hydrogens is 282 g/mol. The maximum Gasteiger partial charge on any atom is 0.221 e. The molecule has 19 heavy (non-hydrogen) atoms. The van der Waals surface area contributed by atoms with Gasteiger partial charge in [-0.2, -0.15) is 0 Å². The van der Waals surface area contributed by atoms with E-state index in [4.69, 9.17) is 18.0 Å². The first-order valence-electron chi connectivity index (χ1n) is 6.86. The number of rotatable bonds is 8. The van der Waals surface area contributed by atoms with Gasteiger partial charge in [0.15, 0.2) is 0 Å². The molecule has 3 N–H and O–H groups in total. The molecule has 1 saturated carbocycles. The van der Waals surface area contributed by atoms with E-state index >= 15 is 0 Å². The Hall–Kier alpha value is -0.240. The van der Waals surface area contributed by atoms with Gasteiger partial charge in [0.05, 0.1) is 4.99 Å². The summed E-state index contributed by atoms with van der Waals surface area (Å²) in [5, 5.41) is -0.765. The van der Waals surface area contributed by atoms with Crippen LogP contribution in [0.25, 0.3) is 0 Å². The van der Waals surface area contributed by atoms with Gasteiger partial charge in [-0.15, -0.1) is 0 Å². The molecule has 0 aliphatic heterocycles. The Labute approximate surface area is 122 Å². The van der Waals surface area contributed by atoms with Crippen LogP contribution >= 0.6 is 12.2 Å². The topological polar surface area (TPSA) is 75.4 Å². The standard InChI is InChI=1S/C12H25N3O2S2/c1-3-11(12(13)18)19(16,17)14-8-9-15(2)10-6-4-5-7-10/h10-11,14H,3-9H2,1-2H3,(H2,13,18). The van der Waals surface area contributed by atoms with Crippen molar-refractivity contribution in [2.45, 2.75) is 50.3 Å². The first kappa shape index (κ1) is 16.8. The molecule has 0 spiro atoms. The minimum absolute atomic E-state index is 0.0409. The minimum Gasteiger partial charge on any atom is -0.392 e. The summed E-state index contributed by atoms with van der Waals surface area (Å²) in [5.74, 6) is 0. The quantitative estimate of drug-likeness (QED) is 0.650. The van der Waals surface area contributed by atoms with Crippen LogP contribution in [-0.4, -0.2) is 49.7 Å². The number of nitrogens with one attached hydrogen (secondary N) is 1. The zero-order valence-electron chi connectivity index (χ0n) is 11.8. The number of hydrogen-bond donors (Lipinski definition) is 2. The Morgan fingerprint density at radius 1 is 1.47 bits per heavy atom. The largest absolute Gasteiger partial charge is 0.392 e. The highest BCUT2D eigenvalue weighted by atomic mass is 32.2. The van der Waals surface area contributed by atoms with Crippen molar-refractivity contribution in [2.24, 2.45) is 5.73 Å². The lowest BCUT2D eigenvalue weighted by Crippen LogP contribution is -2.44. The molecule has 7 heteroatoms. The number of sulfonamides is 1. The molecule has 5 nitrogen and oxygen atoms in total. The molecule has 1 aliphatic carbocycles. The van der Waals surface area contributed by atoms with E-state index in [1.807, 2.05) is 0 Å². The molecule has 0 aromatic heterocycles. The van der Waals surface area contributed by atoms with Crippen LogP contribution in [0.2, 0.25) is 0 Å². The molecular formula is C12H25N3O2S2. The second-order valence-electron chi connectivity index (χ2n) is 5.16. The van der Waals surface area contributed by atoms with Crippen LogP contribution < -0.4 is 10.5 Å². The first-order chi connectivity index (χ1) is 8.88. The van der Waals surface area contributed by atoms with Gasteiger partial charge >= 0.3 is 0 Å². The summed E-state index contributed by atoms with van der Waals surface area (Å²) in [6.07, 6.45) is 5.39. The Kier molecular flexibility index (Phi) is 6.65. The third-order valence-corrected chi connectivity index (χ3v) is 6.16. The van der Waals surface area contributed by atoms with Crippen LogP contribution in [0.15, 0.2) is 0 Å². The smallest absolute Gasteiger partial charge is 0.221 e. The van der Waals surface area contributed by atoms with Crippen LogP contribution in [0.4, 0.5) is 0 Å². The molecule has 1 fully saturated rings. The lowest BCUT2D eigenvalue weighted by atomic mass is 10.2. The van der Waals surface area contributed by atoms with Crippen molar-refractivity contribution < 1.29 is 8.42 Å². The molecule has 0 aromatic rings. The van der Waals surface area contributed by atoms with E-state index in [2.05, 4.69) is 16.7 Å². The highest BCUT2D eigenvalue weighted by Gasteiger charge is 2.26. The normalized spacial score (nSPS) is 18.9. The van der Waals surface area contributed by atoms with E-state index in [0.29, 0.717) is 19.0 Å². The van der Waals surface area contributed by atoms with Crippen LogP contribution in [0, 0.1) is 0 Å². The molecule has 0 heterocycles. The second-order valence-corrected chi connectivity index (χ2v) is 7.58. The Balaban J connectivity index is 2.40. The number of likely N-dealkylation sites (N-methyl/N-ethyl adjacent to an activating group) is 1. The highest BCUT2D eigenvalue weighted by Crippen LogP contribution is 2.21. The molecule has 0 aromatic carbocycles. The van der Waals surface area contributed by atoms with Crippen molar-refractivity contribution in [3.05, 3.63) is 0 Å². The number of nitrogens with two attached hydrogens (primary N) is 1. The highest BCUT2D eigenvalue weighted by molar-refractivity contribution is 7.93. The van der Waals surface area contributed by atoms with Crippen LogP contribution in [-0.2, 0) is 10.0 Å². The fraction of sp³-hybridized carbons (Fsp3) is 0.917. The molecule has 1 rings (SSSR count). The van der Waals surface area contributed by atoms with E-state index in [0.717, 1.165) is 6.54 Å². The Morgan fingerprint density at radius 3 is 2.53 bits per heavy atom. The van der Waals surface area contributed by atoms with E-state index in [-0.39, 0.29) is 4.99 Å². The third kappa shape index (κ3) is 4.98. The fourth-order valence-electron chi connectivity index (χ4n) is 2.57. The maximum atomic E-state index is 12.0. The van der Waals surface area contributed by atoms with Crippen molar-refractivity contribution in [3.63, 3.8) is 0 Å². The summed E-state index contributed by atoms with van der Waals surface area (Å²) in [4.78, 5) is 2.27. The number of nitrogens with zero attached hydrogens (tertiary/aromatic N) is 1. The molecule has 0 saturated heterocycles. The van der Waals surface area contributed by atoms with Crippen LogP contribution in [0.1, 0.15) is 39.0 Å². The van der Waals surface area contributed by atoms with Gasteiger partial charge in [0.25, 0.3) is 0 Å². The Bertz CT molecular complexity index is 392. The minimum atomic E-state index is -3.43. The predicted molar refractivity (Wildman–Crippen MR) is 82.7 cm³/mol. The van der Waals surface area contributed by atoms with Gasteiger partial charge in [-0.1, -0.05) is 32.0 Å². The van der Waals surface area contributed by atoms with Gasteiger partial charge in [-0.3, -0.25) is 0 Å². The summed E-state index contributed by atoms with van der Waals surface area (Å²) in [6.45, 7) is 2.90. The maximum absolute atomic E-state index is 12.0. The van der Waals surface area contributed by atoms with Crippen molar-refractivity contribution >= 4 is 27.2 Å². The van der Waals surface area contributed by atoms with Gasteiger partial charge in [0, 0.05) is 19.1 Å². The lowest BCUT2D eigenvalue weighted by Gasteiger charge is -2.24. The molecule has 1 aliphatic rings. The summed E-state index contributed by atoms with van der Waals surface area (Å²) < 4.78 is 26.6. The number of hydrogen-bond acceptors (Lipinski definition) is 4. The molecule has 1 unspecified atom stereocenters. The van der Waals surface area contributed by atoms with E-state index in [1.165, 1.54) is 25.7 Å². The van der Waals surface area contributed by atoms with Crippen LogP contribution in [0.5, 0.6) is 0 Å². The van der Waals surface area contributed by atoms with Gasteiger partial charge < -0.3 is 10.6 Å². The number of thiocarbonyl (C=S) groups is 1. The molecule has 0 radical (unpaired) electrons. The average molecular weight is 307 g/mol. The van der Waals surface area contributed by atoms with Gasteiger partial charge in [0.1, 0.15) is 5.25 Å². The summed E-state index contributed by atoms with van der Waals surface area (Å²) in [7, 11) is -1.38. The lowest BCUT2D eigenvalue weighted by molar-refractivity contribution is 0.250. The fourth-order valence-corrected chi connectivity index (χ4v) is 4.43. The van der Waals surface area contributed by atoms with E-state index in [1.54, 1.807) is 6.92 Å². The SMILES string of the molecule is CCC(C(N)=S)S(=O)(=O)NCCN(C)C1CCCC1. The van der Waals surface area contributed by atoms with Gasteiger partial charge in [-0.05, 0) is 26.3 Å². The summed E-state index contributed by atoms with van der Waals surface area (Å²) in [5.41, 5.74) is 5.47. The average Bonchev–Trinajstić information content (AvgIpc) is 2.81. The monoisotopic (exact) mass is 307 g/mol. The molecule has 0 amide bonds. The summed E-state index contributed by atoms with van der Waals surface area (Å²) in [6, 6.07) is 0.599. The van der Waals surface area contributed by atoms with E-state index < -0.39 is 15.3 Å². The zero-order chi connectivity index (χ0) is 14.5. The van der Waals surface area contributed by atoms with Crippen molar-refractivity contribution in [2.75, 3.05) is 20.1 Å². The molecule has 0 bridgehead atoms. The second kappa shape index (κ2) is 7.52. The predicted octanol–water partition coefficient (Wildman–Crippen LogP) is 0.845. The van der Waals surface area contributed by atoms with Crippen molar-refractivity contribution in [1.82, 2.24) is 9.62 Å². The molecule has 112 valence electrons. The van der Waals surface area contributed by atoms with Gasteiger partial charge in [-0.25, -0.2) is 13.1 Å². The first-order valence-corrected chi connectivity index (χ1v) is 8.82. The molecule has 1 atom stereocenters.